The predicted octanol–water partition coefficient (Wildman–Crippen LogP) is 1.84. The molecule has 1 N–H and O–H groups in total. The maximum atomic E-state index is 13.1. The zero-order valence-corrected chi connectivity index (χ0v) is 12.3. The Kier molecular flexibility index (Phi) is 3.67. The van der Waals surface area contributed by atoms with Gasteiger partial charge in [-0.1, -0.05) is 22.0 Å². The summed E-state index contributed by atoms with van der Waals surface area (Å²) in [7, 11) is 0. The molecule has 1 aromatic heterocycles. The van der Waals surface area contributed by atoms with Gasteiger partial charge in [-0.3, -0.25) is 9.36 Å². The van der Waals surface area contributed by atoms with Crippen molar-refractivity contribution in [2.45, 2.75) is 19.5 Å². The minimum atomic E-state index is -0.303. The summed E-state index contributed by atoms with van der Waals surface area (Å²) in [5.41, 5.74) is 2.46. The smallest absolute Gasteiger partial charge is 0.257 e. The molecule has 0 spiro atoms. The van der Waals surface area contributed by atoms with Crippen LogP contribution in [0.25, 0.3) is 0 Å². The van der Waals surface area contributed by atoms with E-state index in [1.54, 1.807) is 17.0 Å². The molecule has 0 saturated heterocycles. The maximum Gasteiger partial charge on any atom is 0.257 e. The number of halogens is 2. The van der Waals surface area contributed by atoms with Gasteiger partial charge in [0.1, 0.15) is 5.82 Å². The third-order valence-corrected chi connectivity index (χ3v) is 4.16. The second-order valence-electron chi connectivity index (χ2n) is 4.77. The number of rotatable bonds is 2. The average molecular weight is 338 g/mol. The topological polar surface area (TPSA) is 46.9 Å². The SMILES string of the molecule is O=c1c2c(ncn1Cc1ccc(F)cc1Br)CNCC2. The van der Waals surface area contributed by atoms with E-state index < -0.39 is 0 Å². The summed E-state index contributed by atoms with van der Waals surface area (Å²) in [4.78, 5) is 16.7. The van der Waals surface area contributed by atoms with E-state index in [0.717, 1.165) is 23.4 Å². The second-order valence-corrected chi connectivity index (χ2v) is 5.62. The summed E-state index contributed by atoms with van der Waals surface area (Å²) in [5.74, 6) is -0.303. The molecule has 0 amide bonds. The van der Waals surface area contributed by atoms with Crippen molar-refractivity contribution in [1.29, 1.82) is 0 Å². The number of nitrogens with zero attached hydrogens (tertiary/aromatic N) is 2. The molecule has 0 fully saturated rings. The lowest BCUT2D eigenvalue weighted by molar-refractivity contribution is 0.595. The monoisotopic (exact) mass is 337 g/mol. The molecule has 1 aliphatic rings. The number of fused-ring (bicyclic) bond motifs is 1. The van der Waals surface area contributed by atoms with E-state index in [4.69, 9.17) is 0 Å². The van der Waals surface area contributed by atoms with Crippen LogP contribution in [0.4, 0.5) is 4.39 Å². The lowest BCUT2D eigenvalue weighted by atomic mass is 10.1. The molecule has 2 aromatic rings. The molecule has 4 nitrogen and oxygen atoms in total. The van der Waals surface area contributed by atoms with E-state index in [1.807, 2.05) is 0 Å². The van der Waals surface area contributed by atoms with Gasteiger partial charge in [-0.15, -0.1) is 0 Å². The van der Waals surface area contributed by atoms with Crippen LogP contribution >= 0.6 is 15.9 Å². The number of aromatic nitrogens is 2. The molecule has 1 aliphatic heterocycles. The van der Waals surface area contributed by atoms with Crippen molar-refractivity contribution in [3.05, 3.63) is 62.0 Å². The first kappa shape index (κ1) is 13.5. The van der Waals surface area contributed by atoms with E-state index in [0.29, 0.717) is 24.0 Å². The number of nitrogens with one attached hydrogen (secondary N) is 1. The predicted molar refractivity (Wildman–Crippen MR) is 77.1 cm³/mol. The van der Waals surface area contributed by atoms with Crippen molar-refractivity contribution in [3.8, 4) is 0 Å². The molecule has 0 saturated carbocycles. The molecule has 1 aromatic carbocycles. The van der Waals surface area contributed by atoms with Crippen LogP contribution in [-0.2, 0) is 19.5 Å². The molecule has 0 atom stereocenters. The average Bonchev–Trinajstić information content (AvgIpc) is 2.45. The third kappa shape index (κ3) is 2.53. The van der Waals surface area contributed by atoms with Crippen LogP contribution in [0.1, 0.15) is 16.8 Å². The van der Waals surface area contributed by atoms with Gasteiger partial charge in [0.2, 0.25) is 0 Å². The highest BCUT2D eigenvalue weighted by Crippen LogP contribution is 2.18. The van der Waals surface area contributed by atoms with Gasteiger partial charge >= 0.3 is 0 Å². The molecular weight excluding hydrogens is 325 g/mol. The second kappa shape index (κ2) is 5.46. The zero-order chi connectivity index (χ0) is 14.1. The number of benzene rings is 1. The zero-order valence-electron chi connectivity index (χ0n) is 10.7. The van der Waals surface area contributed by atoms with E-state index in [9.17, 15) is 9.18 Å². The van der Waals surface area contributed by atoms with Crippen molar-refractivity contribution >= 4 is 15.9 Å². The van der Waals surface area contributed by atoms with Crippen LogP contribution in [0.5, 0.6) is 0 Å². The Bertz CT molecular complexity index is 714. The molecular formula is C14H13BrFN3O. The van der Waals surface area contributed by atoms with Crippen molar-refractivity contribution in [1.82, 2.24) is 14.9 Å². The Hall–Kier alpha value is -1.53. The van der Waals surface area contributed by atoms with E-state index >= 15 is 0 Å². The van der Waals surface area contributed by atoms with Gasteiger partial charge < -0.3 is 5.32 Å². The van der Waals surface area contributed by atoms with Crippen LogP contribution in [0.2, 0.25) is 0 Å². The number of hydrogen-bond donors (Lipinski definition) is 1. The highest BCUT2D eigenvalue weighted by atomic mass is 79.9. The Morgan fingerprint density at radius 3 is 3.10 bits per heavy atom. The first-order valence-corrected chi connectivity index (χ1v) is 7.16. The normalized spacial score (nSPS) is 14.1. The molecule has 2 heterocycles. The summed E-state index contributed by atoms with van der Waals surface area (Å²) in [6, 6.07) is 4.46. The molecule has 20 heavy (non-hydrogen) atoms. The highest BCUT2D eigenvalue weighted by Gasteiger charge is 2.15. The van der Waals surface area contributed by atoms with Gasteiger partial charge in [0.15, 0.2) is 0 Å². The fourth-order valence-corrected chi connectivity index (χ4v) is 2.81. The first-order chi connectivity index (χ1) is 9.65. The summed E-state index contributed by atoms with van der Waals surface area (Å²) in [6.45, 7) is 1.83. The molecule has 3 rings (SSSR count). The minimum Gasteiger partial charge on any atom is -0.311 e. The van der Waals surface area contributed by atoms with Gasteiger partial charge in [0.25, 0.3) is 5.56 Å². The van der Waals surface area contributed by atoms with E-state index in [2.05, 4.69) is 26.2 Å². The van der Waals surface area contributed by atoms with Crippen LogP contribution in [-0.4, -0.2) is 16.1 Å². The largest absolute Gasteiger partial charge is 0.311 e. The number of hydrogen-bond acceptors (Lipinski definition) is 3. The molecule has 0 bridgehead atoms. The molecule has 104 valence electrons. The first-order valence-electron chi connectivity index (χ1n) is 6.37. The van der Waals surface area contributed by atoms with Crippen LogP contribution in [0.15, 0.2) is 33.8 Å². The molecule has 0 radical (unpaired) electrons. The Morgan fingerprint density at radius 1 is 1.45 bits per heavy atom. The fraction of sp³-hybridized carbons (Fsp3) is 0.286. The van der Waals surface area contributed by atoms with Crippen LogP contribution in [0, 0.1) is 5.82 Å². The molecule has 0 aliphatic carbocycles. The van der Waals surface area contributed by atoms with Crippen molar-refractivity contribution in [2.24, 2.45) is 0 Å². The van der Waals surface area contributed by atoms with Gasteiger partial charge in [-0.05, 0) is 30.7 Å². The molecule has 6 heteroatoms. The van der Waals surface area contributed by atoms with Gasteiger partial charge in [-0.25, -0.2) is 9.37 Å². The van der Waals surface area contributed by atoms with E-state index in [-0.39, 0.29) is 11.4 Å². The Morgan fingerprint density at radius 2 is 2.30 bits per heavy atom. The summed E-state index contributed by atoms with van der Waals surface area (Å²) >= 11 is 3.32. The van der Waals surface area contributed by atoms with Crippen molar-refractivity contribution < 1.29 is 4.39 Å². The summed E-state index contributed by atoms with van der Waals surface area (Å²) in [5, 5.41) is 3.19. The summed E-state index contributed by atoms with van der Waals surface area (Å²) in [6.07, 6.45) is 2.26. The maximum absolute atomic E-state index is 13.1. The van der Waals surface area contributed by atoms with Crippen LogP contribution < -0.4 is 10.9 Å². The lowest BCUT2D eigenvalue weighted by Crippen LogP contribution is -2.34. The molecule has 0 unspecified atom stereocenters. The fourth-order valence-electron chi connectivity index (χ4n) is 2.34. The lowest BCUT2D eigenvalue weighted by Gasteiger charge is -2.17. The third-order valence-electron chi connectivity index (χ3n) is 3.42. The van der Waals surface area contributed by atoms with Crippen LogP contribution in [0.3, 0.4) is 0 Å². The van der Waals surface area contributed by atoms with Crippen molar-refractivity contribution in [3.63, 3.8) is 0 Å². The minimum absolute atomic E-state index is 0.00674. The standard InChI is InChI=1S/C14H13BrFN3O/c15-12-5-10(16)2-1-9(12)7-19-8-18-13-6-17-4-3-11(13)14(19)20/h1-2,5,8,17H,3-4,6-7H2. The van der Waals surface area contributed by atoms with E-state index in [1.165, 1.54) is 12.1 Å². The van der Waals surface area contributed by atoms with Crippen molar-refractivity contribution in [2.75, 3.05) is 6.54 Å². The highest BCUT2D eigenvalue weighted by molar-refractivity contribution is 9.10. The Balaban J connectivity index is 1.97. The van der Waals surface area contributed by atoms with Gasteiger partial charge in [-0.2, -0.15) is 0 Å². The quantitative estimate of drug-likeness (QED) is 0.909. The Labute approximate surface area is 123 Å². The van der Waals surface area contributed by atoms with Gasteiger partial charge in [0, 0.05) is 16.6 Å². The van der Waals surface area contributed by atoms with Gasteiger partial charge in [0.05, 0.1) is 18.6 Å². The summed E-state index contributed by atoms with van der Waals surface area (Å²) < 4.78 is 15.3.